The van der Waals surface area contributed by atoms with Crippen LogP contribution in [0.1, 0.15) is 44.0 Å². The van der Waals surface area contributed by atoms with E-state index in [-0.39, 0.29) is 17.8 Å². The highest BCUT2D eigenvalue weighted by atomic mass is 32.2. The van der Waals surface area contributed by atoms with Gasteiger partial charge in [0.1, 0.15) is 0 Å². The number of esters is 1. The lowest BCUT2D eigenvalue weighted by atomic mass is 10.0. The van der Waals surface area contributed by atoms with Gasteiger partial charge in [0.05, 0.1) is 12.5 Å². The zero-order valence-corrected chi connectivity index (χ0v) is 16.2. The molecule has 0 aromatic heterocycles. The van der Waals surface area contributed by atoms with Gasteiger partial charge in [0, 0.05) is 36.6 Å². The van der Waals surface area contributed by atoms with Crippen molar-refractivity contribution in [3.8, 4) is 0 Å². The van der Waals surface area contributed by atoms with Crippen LogP contribution < -0.4 is 0 Å². The average Bonchev–Trinajstić information content (AvgIpc) is 2.63. The molecule has 0 aliphatic carbocycles. The Morgan fingerprint density at radius 3 is 2.48 bits per heavy atom. The molecule has 1 saturated heterocycles. The molecule has 0 spiro atoms. The summed E-state index contributed by atoms with van der Waals surface area (Å²) in [6, 6.07) is 7.73. The monoisotopic (exact) mass is 364 g/mol. The molecule has 1 aromatic rings. The number of benzene rings is 1. The van der Waals surface area contributed by atoms with E-state index in [0.29, 0.717) is 13.2 Å². The molecule has 6 heteroatoms. The highest BCUT2D eigenvalue weighted by Crippen LogP contribution is 2.29. The molecule has 1 aliphatic rings. The van der Waals surface area contributed by atoms with Gasteiger partial charge in [0.2, 0.25) is 0 Å². The van der Waals surface area contributed by atoms with Crippen molar-refractivity contribution < 1.29 is 14.3 Å². The summed E-state index contributed by atoms with van der Waals surface area (Å²) >= 11 is 1.64. The molecule has 1 unspecified atom stereocenters. The van der Waals surface area contributed by atoms with E-state index >= 15 is 0 Å². The van der Waals surface area contributed by atoms with E-state index in [4.69, 9.17) is 4.74 Å². The van der Waals surface area contributed by atoms with Crippen LogP contribution in [0.15, 0.2) is 29.2 Å². The van der Waals surface area contributed by atoms with Gasteiger partial charge in [0.25, 0.3) is 5.91 Å². The second-order valence-corrected chi connectivity index (χ2v) is 7.24. The van der Waals surface area contributed by atoms with Crippen molar-refractivity contribution >= 4 is 23.8 Å². The van der Waals surface area contributed by atoms with Crippen molar-refractivity contribution in [2.24, 2.45) is 5.92 Å². The molecule has 1 aliphatic heterocycles. The molecule has 1 fully saturated rings. The van der Waals surface area contributed by atoms with Crippen molar-refractivity contribution in [1.29, 1.82) is 0 Å². The van der Waals surface area contributed by atoms with Crippen LogP contribution in [-0.2, 0) is 9.53 Å². The van der Waals surface area contributed by atoms with Gasteiger partial charge < -0.3 is 9.64 Å². The molecule has 0 N–H and O–H groups in total. The number of piperidine rings is 1. The summed E-state index contributed by atoms with van der Waals surface area (Å²) in [5.74, 6) is -0.0559. The van der Waals surface area contributed by atoms with Gasteiger partial charge in [-0.3, -0.25) is 9.59 Å². The Hall–Kier alpha value is -1.53. The fourth-order valence-electron chi connectivity index (χ4n) is 2.98. The minimum atomic E-state index is -0.0898. The van der Waals surface area contributed by atoms with Crippen molar-refractivity contribution in [3.63, 3.8) is 0 Å². The zero-order chi connectivity index (χ0) is 18.2. The van der Waals surface area contributed by atoms with E-state index in [2.05, 4.69) is 4.31 Å². The summed E-state index contributed by atoms with van der Waals surface area (Å²) in [5, 5.41) is 0. The Balaban J connectivity index is 1.94. The summed E-state index contributed by atoms with van der Waals surface area (Å²) < 4.78 is 7.36. The largest absolute Gasteiger partial charge is 0.466 e. The Morgan fingerprint density at radius 2 is 1.88 bits per heavy atom. The first-order valence-corrected chi connectivity index (χ1v) is 9.85. The second kappa shape index (κ2) is 9.82. The number of amides is 1. The highest BCUT2D eigenvalue weighted by molar-refractivity contribution is 7.97. The summed E-state index contributed by atoms with van der Waals surface area (Å²) in [6.45, 7) is 9.36. The molecule has 0 saturated carbocycles. The van der Waals surface area contributed by atoms with Gasteiger partial charge in [-0.2, -0.15) is 0 Å². The summed E-state index contributed by atoms with van der Waals surface area (Å²) in [7, 11) is 0. The quantitative estimate of drug-likeness (QED) is 0.548. The molecule has 0 bridgehead atoms. The van der Waals surface area contributed by atoms with Crippen molar-refractivity contribution in [1.82, 2.24) is 9.21 Å². The summed E-state index contributed by atoms with van der Waals surface area (Å²) in [5.41, 5.74) is 0.719. The lowest BCUT2D eigenvalue weighted by Crippen LogP contribution is -2.35. The molecule has 1 heterocycles. The van der Waals surface area contributed by atoms with Gasteiger partial charge in [-0.25, -0.2) is 4.31 Å². The highest BCUT2D eigenvalue weighted by Gasteiger charge is 2.27. The molecular formula is C19H28N2O3S. The van der Waals surface area contributed by atoms with Crippen molar-refractivity contribution in [3.05, 3.63) is 29.8 Å². The number of nitrogens with zero attached hydrogens (tertiary/aromatic N) is 2. The molecule has 1 aromatic carbocycles. The molecule has 2 rings (SSSR count). The molecule has 25 heavy (non-hydrogen) atoms. The molecule has 5 nitrogen and oxygen atoms in total. The van der Waals surface area contributed by atoms with E-state index in [1.165, 1.54) is 0 Å². The van der Waals surface area contributed by atoms with E-state index in [0.717, 1.165) is 42.9 Å². The van der Waals surface area contributed by atoms with Gasteiger partial charge in [-0.05, 0) is 69.8 Å². The Bertz CT molecular complexity index is 573. The minimum absolute atomic E-state index is 0.0373. The lowest BCUT2D eigenvalue weighted by Gasteiger charge is -2.30. The Labute approximate surface area is 154 Å². The number of hydrogen-bond donors (Lipinski definition) is 0. The van der Waals surface area contributed by atoms with Crippen LogP contribution in [0, 0.1) is 5.92 Å². The molecule has 1 amide bonds. The first-order valence-electron chi connectivity index (χ1n) is 9.07. The van der Waals surface area contributed by atoms with Crippen LogP contribution in [0.3, 0.4) is 0 Å². The second-order valence-electron chi connectivity index (χ2n) is 6.07. The normalized spacial score (nSPS) is 18.0. The maximum absolute atomic E-state index is 12.3. The van der Waals surface area contributed by atoms with Crippen LogP contribution in [0.5, 0.6) is 0 Å². The van der Waals surface area contributed by atoms with E-state index < -0.39 is 0 Å². The van der Waals surface area contributed by atoms with Crippen molar-refractivity contribution in [2.45, 2.75) is 38.5 Å². The van der Waals surface area contributed by atoms with E-state index in [1.54, 1.807) is 11.9 Å². The molecule has 138 valence electrons. The maximum Gasteiger partial charge on any atom is 0.310 e. The predicted molar refractivity (Wildman–Crippen MR) is 100 cm³/mol. The predicted octanol–water partition coefficient (Wildman–Crippen LogP) is 3.45. The number of ether oxygens (including phenoxy) is 1. The number of rotatable bonds is 7. The fraction of sp³-hybridized carbons (Fsp3) is 0.579. The number of carbonyl (C=O) groups is 2. The summed E-state index contributed by atoms with van der Waals surface area (Å²) in [4.78, 5) is 27.2. The summed E-state index contributed by atoms with van der Waals surface area (Å²) in [6.07, 6.45) is 1.89. The standard InChI is InChI=1S/C19H28N2O3S/c1-4-20(5-2)18(22)15-9-11-17(12-10-15)25-21-13-7-8-16(14-21)19(23)24-6-3/h9-12,16H,4-8,13-14H2,1-3H3. The maximum atomic E-state index is 12.3. The van der Waals surface area contributed by atoms with Crippen LogP contribution in [0.4, 0.5) is 0 Å². The Kier molecular flexibility index (Phi) is 7.78. The topological polar surface area (TPSA) is 49.9 Å². The minimum Gasteiger partial charge on any atom is -0.466 e. The van der Waals surface area contributed by atoms with E-state index in [9.17, 15) is 9.59 Å². The number of carbonyl (C=O) groups excluding carboxylic acids is 2. The van der Waals surface area contributed by atoms with Crippen LogP contribution in [0.2, 0.25) is 0 Å². The Morgan fingerprint density at radius 1 is 1.20 bits per heavy atom. The molecular weight excluding hydrogens is 336 g/mol. The first-order chi connectivity index (χ1) is 12.1. The fourth-order valence-corrected chi connectivity index (χ4v) is 4.01. The third-order valence-corrected chi connectivity index (χ3v) is 5.46. The van der Waals surface area contributed by atoms with E-state index in [1.807, 2.05) is 49.9 Å². The van der Waals surface area contributed by atoms with Crippen LogP contribution in [0.25, 0.3) is 0 Å². The SMILES string of the molecule is CCOC(=O)C1CCCN(Sc2ccc(C(=O)N(CC)CC)cc2)C1. The number of hydrogen-bond acceptors (Lipinski definition) is 5. The molecule has 1 atom stereocenters. The third kappa shape index (κ3) is 5.47. The van der Waals surface area contributed by atoms with Crippen LogP contribution >= 0.6 is 11.9 Å². The van der Waals surface area contributed by atoms with Crippen LogP contribution in [-0.4, -0.2) is 53.9 Å². The first kappa shape index (κ1) is 19.8. The van der Waals surface area contributed by atoms with Gasteiger partial charge in [-0.15, -0.1) is 0 Å². The third-order valence-electron chi connectivity index (χ3n) is 4.39. The smallest absolute Gasteiger partial charge is 0.310 e. The van der Waals surface area contributed by atoms with Gasteiger partial charge >= 0.3 is 5.97 Å². The van der Waals surface area contributed by atoms with Gasteiger partial charge in [0.15, 0.2) is 0 Å². The average molecular weight is 365 g/mol. The zero-order valence-electron chi connectivity index (χ0n) is 15.4. The molecule has 0 radical (unpaired) electrons. The van der Waals surface area contributed by atoms with Gasteiger partial charge in [-0.1, -0.05) is 0 Å². The lowest BCUT2D eigenvalue weighted by molar-refractivity contribution is -0.149. The van der Waals surface area contributed by atoms with Crippen molar-refractivity contribution in [2.75, 3.05) is 32.8 Å².